The normalized spacial score (nSPS) is 12.0. The number of nitrogens with one attached hydrogen (secondary N) is 2. The molecule has 0 aliphatic carbocycles. The minimum atomic E-state index is -3.82. The van der Waals surface area contributed by atoms with Crippen molar-refractivity contribution in [2.45, 2.75) is 4.90 Å². The molecule has 1 heterocycles. The zero-order valence-electron chi connectivity index (χ0n) is 13.4. The molecule has 0 saturated carbocycles. The lowest BCUT2D eigenvalue weighted by Crippen LogP contribution is -2.78. The van der Waals surface area contributed by atoms with E-state index in [9.17, 15) is 8.42 Å². The molecule has 8 heteroatoms. The molecule has 2 N–H and O–H groups in total. The zero-order valence-corrected chi connectivity index (χ0v) is 15.7. The number of sulfonamides is 1. The van der Waals surface area contributed by atoms with Crippen LogP contribution in [0.5, 0.6) is 0 Å². The van der Waals surface area contributed by atoms with Crippen molar-refractivity contribution in [1.82, 2.24) is 4.98 Å². The number of rotatable bonds is 4. The first kappa shape index (κ1) is 18.4. The quantitative estimate of drug-likeness (QED) is 0.515. The fourth-order valence-corrected chi connectivity index (χ4v) is 3.45. The molecule has 0 radical (unpaired) electrons. The van der Waals surface area contributed by atoms with Gasteiger partial charge in [0.25, 0.3) is 5.84 Å². The predicted molar refractivity (Wildman–Crippen MR) is 103 cm³/mol. The van der Waals surface area contributed by atoms with E-state index < -0.39 is 10.0 Å². The molecule has 2 aromatic carbocycles. The van der Waals surface area contributed by atoms with Crippen LogP contribution in [0.25, 0.3) is 0 Å². The number of hydrogen-bond acceptors (Lipinski definition) is 3. The Morgan fingerprint density at radius 3 is 2.08 bits per heavy atom. The van der Waals surface area contributed by atoms with E-state index in [1.54, 1.807) is 48.7 Å². The highest BCUT2D eigenvalue weighted by Crippen LogP contribution is 2.13. The highest BCUT2D eigenvalue weighted by Gasteiger charge is 2.20. The molecule has 0 aliphatic rings. The summed E-state index contributed by atoms with van der Waals surface area (Å²) in [6, 6.07) is 18.0. The van der Waals surface area contributed by atoms with Crippen LogP contribution in [-0.2, 0) is 10.0 Å². The molecule has 0 saturated heterocycles. The Balaban J connectivity index is 2.05. The number of pyridine rings is 1. The van der Waals surface area contributed by atoms with Gasteiger partial charge in [0.05, 0.1) is 5.56 Å². The van der Waals surface area contributed by atoms with E-state index in [-0.39, 0.29) is 10.7 Å². The highest BCUT2D eigenvalue weighted by molar-refractivity contribution is 7.84. The SMILES string of the molecule is O=S(=O)([NH+]=C(Nc1ccccn1)c1ccc(Cl)cc1)c1ccc(Cl)cc1. The highest BCUT2D eigenvalue weighted by atomic mass is 35.5. The predicted octanol–water partition coefficient (Wildman–Crippen LogP) is 2.72. The van der Waals surface area contributed by atoms with Gasteiger partial charge < -0.3 is 0 Å². The van der Waals surface area contributed by atoms with Gasteiger partial charge in [-0.1, -0.05) is 29.3 Å². The third kappa shape index (κ3) is 4.60. The summed E-state index contributed by atoms with van der Waals surface area (Å²) in [5, 5.41) is 4.00. The van der Waals surface area contributed by atoms with Crippen LogP contribution in [0.4, 0.5) is 5.82 Å². The van der Waals surface area contributed by atoms with Crippen LogP contribution >= 0.6 is 23.2 Å². The molecule has 0 atom stereocenters. The number of amidine groups is 1. The van der Waals surface area contributed by atoms with Gasteiger partial charge in [-0.2, -0.15) is 12.8 Å². The smallest absolute Gasteiger partial charge is 0.223 e. The molecule has 132 valence electrons. The summed E-state index contributed by atoms with van der Waals surface area (Å²) >= 11 is 11.8. The molecule has 0 fully saturated rings. The van der Waals surface area contributed by atoms with E-state index in [0.717, 1.165) is 0 Å². The van der Waals surface area contributed by atoms with Gasteiger partial charge in [-0.15, -0.1) is 0 Å². The maximum atomic E-state index is 12.7. The van der Waals surface area contributed by atoms with Crippen molar-refractivity contribution >= 4 is 44.9 Å². The van der Waals surface area contributed by atoms with Crippen molar-refractivity contribution in [3.63, 3.8) is 0 Å². The first-order valence-electron chi connectivity index (χ1n) is 7.53. The lowest BCUT2D eigenvalue weighted by Gasteiger charge is -2.04. The van der Waals surface area contributed by atoms with E-state index in [2.05, 4.69) is 14.7 Å². The van der Waals surface area contributed by atoms with Crippen molar-refractivity contribution in [3.8, 4) is 0 Å². The molecule has 0 aliphatic heterocycles. The van der Waals surface area contributed by atoms with Crippen molar-refractivity contribution < 1.29 is 12.8 Å². The Hall–Kier alpha value is -2.41. The van der Waals surface area contributed by atoms with E-state index in [1.807, 2.05) is 0 Å². The van der Waals surface area contributed by atoms with E-state index >= 15 is 0 Å². The van der Waals surface area contributed by atoms with Crippen LogP contribution in [0, 0.1) is 0 Å². The number of nitrogens with zero attached hydrogens (tertiary/aromatic N) is 1. The Morgan fingerprint density at radius 2 is 1.50 bits per heavy atom. The first-order valence-corrected chi connectivity index (χ1v) is 9.77. The van der Waals surface area contributed by atoms with Gasteiger partial charge in [0.15, 0.2) is 0 Å². The molecule has 0 amide bonds. The number of benzene rings is 2. The fraction of sp³-hybridized carbons (Fsp3) is 0. The molecule has 3 rings (SSSR count). The number of anilines is 1. The second-order valence-corrected chi connectivity index (χ2v) is 7.84. The molecule has 0 unspecified atom stereocenters. The summed E-state index contributed by atoms with van der Waals surface area (Å²) in [7, 11) is -3.82. The summed E-state index contributed by atoms with van der Waals surface area (Å²) in [6.07, 6.45) is 1.61. The Bertz CT molecular complexity index is 1020. The van der Waals surface area contributed by atoms with Crippen LogP contribution in [0.15, 0.2) is 77.8 Å². The van der Waals surface area contributed by atoms with Gasteiger partial charge in [-0.25, -0.2) is 10.3 Å². The van der Waals surface area contributed by atoms with Crippen LogP contribution < -0.4 is 9.71 Å². The summed E-state index contributed by atoms with van der Waals surface area (Å²) < 4.78 is 28.0. The largest absolute Gasteiger partial charge is 0.328 e. The summed E-state index contributed by atoms with van der Waals surface area (Å²) in [6.45, 7) is 0. The third-order valence-corrected chi connectivity index (χ3v) is 5.28. The Kier molecular flexibility index (Phi) is 5.56. The molecule has 5 nitrogen and oxygen atoms in total. The summed E-state index contributed by atoms with van der Waals surface area (Å²) in [4.78, 5) is 4.26. The molecule has 0 spiro atoms. The van der Waals surface area contributed by atoms with Crippen LogP contribution in [0.3, 0.4) is 0 Å². The number of halogens is 2. The van der Waals surface area contributed by atoms with Crippen LogP contribution in [0.2, 0.25) is 10.0 Å². The van der Waals surface area contributed by atoms with Gasteiger partial charge in [0.2, 0.25) is 5.82 Å². The maximum Gasteiger partial charge on any atom is 0.328 e. The van der Waals surface area contributed by atoms with Crippen LogP contribution in [0.1, 0.15) is 5.56 Å². The standard InChI is InChI=1S/C18H13Cl2N3O2S/c19-14-6-4-13(5-7-14)18(22-17-3-1-2-12-21-17)23-26(24,25)16-10-8-15(20)9-11-16/h1-12H,(H,21,22,23)/p+1. The molecular formula is C18H14Cl2N3O2S+. The topological polar surface area (TPSA) is 73.0 Å². The molecule has 3 aromatic rings. The first-order chi connectivity index (χ1) is 12.4. The maximum absolute atomic E-state index is 12.7. The average molecular weight is 407 g/mol. The number of hydrogen-bond donors (Lipinski definition) is 2. The molecule has 1 aromatic heterocycles. The minimum absolute atomic E-state index is 0.0937. The van der Waals surface area contributed by atoms with Gasteiger partial charge in [0, 0.05) is 22.3 Å². The molecule has 26 heavy (non-hydrogen) atoms. The third-order valence-electron chi connectivity index (χ3n) is 3.41. The van der Waals surface area contributed by atoms with Crippen molar-refractivity contribution in [1.29, 1.82) is 0 Å². The monoisotopic (exact) mass is 406 g/mol. The van der Waals surface area contributed by atoms with Crippen molar-refractivity contribution in [2.24, 2.45) is 0 Å². The second-order valence-electron chi connectivity index (χ2n) is 5.28. The lowest BCUT2D eigenvalue weighted by atomic mass is 10.2. The average Bonchev–Trinajstić information content (AvgIpc) is 2.63. The van der Waals surface area contributed by atoms with Gasteiger partial charge >= 0.3 is 10.0 Å². The summed E-state index contributed by atoms with van der Waals surface area (Å²) in [5.41, 5.74) is 0.609. The molecular weight excluding hydrogens is 393 g/mol. The van der Waals surface area contributed by atoms with E-state index in [0.29, 0.717) is 21.4 Å². The van der Waals surface area contributed by atoms with Crippen molar-refractivity contribution in [3.05, 3.63) is 88.5 Å². The summed E-state index contributed by atoms with van der Waals surface area (Å²) in [5.74, 6) is 0.756. The van der Waals surface area contributed by atoms with Crippen LogP contribution in [-0.4, -0.2) is 19.2 Å². The van der Waals surface area contributed by atoms with Gasteiger partial charge in [-0.05, 0) is 54.6 Å². The number of aromatic nitrogens is 1. The Morgan fingerprint density at radius 1 is 0.885 bits per heavy atom. The van der Waals surface area contributed by atoms with Gasteiger partial charge in [-0.3, -0.25) is 0 Å². The lowest BCUT2D eigenvalue weighted by molar-refractivity contribution is -0.266. The fourth-order valence-electron chi connectivity index (χ4n) is 2.14. The van der Waals surface area contributed by atoms with Crippen molar-refractivity contribution in [2.75, 3.05) is 5.32 Å². The zero-order chi connectivity index (χ0) is 18.6. The van der Waals surface area contributed by atoms with Gasteiger partial charge in [0.1, 0.15) is 4.90 Å². The molecule has 0 bridgehead atoms. The van der Waals surface area contributed by atoms with E-state index in [4.69, 9.17) is 23.2 Å². The minimum Gasteiger partial charge on any atom is -0.223 e. The second kappa shape index (κ2) is 7.86. The Labute approximate surface area is 161 Å². The van der Waals surface area contributed by atoms with E-state index in [1.165, 1.54) is 24.3 Å².